The fourth-order valence-corrected chi connectivity index (χ4v) is 2.00. The van der Waals surface area contributed by atoms with Gasteiger partial charge in [-0.15, -0.1) is 0 Å². The summed E-state index contributed by atoms with van der Waals surface area (Å²) in [6.45, 7) is 2.00. The Morgan fingerprint density at radius 1 is 1.45 bits per heavy atom. The molecule has 5 heteroatoms. The number of nitrogens with one attached hydrogen (secondary N) is 1. The van der Waals surface area contributed by atoms with Crippen molar-refractivity contribution in [2.75, 3.05) is 12.4 Å². The van der Waals surface area contributed by atoms with E-state index in [4.69, 9.17) is 14.3 Å². The molecule has 0 aliphatic rings. The van der Waals surface area contributed by atoms with Crippen LogP contribution in [0.1, 0.15) is 23.0 Å². The lowest BCUT2D eigenvalue weighted by molar-refractivity contribution is 0.0697. The molecule has 0 amide bonds. The smallest absolute Gasteiger partial charge is 0.335 e. The SMILES string of the molecule is COc1ccc(C(=O)O)cc1NC(C)Cc1ccco1. The summed E-state index contributed by atoms with van der Waals surface area (Å²) < 4.78 is 10.5. The van der Waals surface area contributed by atoms with Crippen molar-refractivity contribution < 1.29 is 19.1 Å². The first-order chi connectivity index (χ1) is 9.60. The second-order valence-electron chi connectivity index (χ2n) is 4.55. The number of rotatable bonds is 6. The fraction of sp³-hybridized carbons (Fsp3) is 0.267. The fourth-order valence-electron chi connectivity index (χ4n) is 2.00. The lowest BCUT2D eigenvalue weighted by Crippen LogP contribution is -2.18. The van der Waals surface area contributed by atoms with Crippen molar-refractivity contribution in [3.8, 4) is 5.75 Å². The first-order valence-electron chi connectivity index (χ1n) is 6.30. The average molecular weight is 275 g/mol. The summed E-state index contributed by atoms with van der Waals surface area (Å²) >= 11 is 0. The van der Waals surface area contributed by atoms with Crippen LogP contribution in [0.2, 0.25) is 0 Å². The Bertz CT molecular complexity index is 578. The Balaban J connectivity index is 2.14. The molecule has 0 aliphatic carbocycles. The number of methoxy groups -OCH3 is 1. The molecular formula is C15H17NO4. The molecule has 1 atom stereocenters. The summed E-state index contributed by atoms with van der Waals surface area (Å²) in [5, 5.41) is 12.3. The number of aromatic carboxylic acids is 1. The number of carboxylic acids is 1. The molecule has 1 heterocycles. The van der Waals surface area contributed by atoms with Crippen LogP contribution in [0.4, 0.5) is 5.69 Å². The molecule has 0 aliphatic heterocycles. The van der Waals surface area contributed by atoms with Gasteiger partial charge in [-0.1, -0.05) is 0 Å². The van der Waals surface area contributed by atoms with E-state index in [1.54, 1.807) is 25.5 Å². The van der Waals surface area contributed by atoms with Gasteiger partial charge in [0.2, 0.25) is 0 Å². The molecule has 5 nitrogen and oxygen atoms in total. The number of hydrogen-bond acceptors (Lipinski definition) is 4. The molecule has 1 unspecified atom stereocenters. The van der Waals surface area contributed by atoms with E-state index in [0.29, 0.717) is 17.9 Å². The molecule has 0 spiro atoms. The van der Waals surface area contributed by atoms with Gasteiger partial charge in [0.1, 0.15) is 11.5 Å². The molecule has 0 bridgehead atoms. The molecule has 20 heavy (non-hydrogen) atoms. The average Bonchev–Trinajstić information content (AvgIpc) is 2.91. The highest BCUT2D eigenvalue weighted by atomic mass is 16.5. The minimum Gasteiger partial charge on any atom is -0.495 e. The van der Waals surface area contributed by atoms with Gasteiger partial charge in [0, 0.05) is 12.5 Å². The normalized spacial score (nSPS) is 11.9. The highest BCUT2D eigenvalue weighted by molar-refractivity contribution is 5.89. The zero-order valence-corrected chi connectivity index (χ0v) is 11.4. The third-order valence-electron chi connectivity index (χ3n) is 2.94. The molecule has 0 fully saturated rings. The lowest BCUT2D eigenvalue weighted by atomic mass is 10.1. The largest absolute Gasteiger partial charge is 0.495 e. The van der Waals surface area contributed by atoms with Crippen LogP contribution in [-0.4, -0.2) is 24.2 Å². The highest BCUT2D eigenvalue weighted by Crippen LogP contribution is 2.26. The van der Waals surface area contributed by atoms with Gasteiger partial charge in [-0.05, 0) is 37.3 Å². The topological polar surface area (TPSA) is 71.7 Å². The molecule has 2 aromatic rings. The van der Waals surface area contributed by atoms with E-state index in [1.165, 1.54) is 6.07 Å². The molecule has 0 radical (unpaired) electrons. The summed E-state index contributed by atoms with van der Waals surface area (Å²) in [5.74, 6) is 0.522. The van der Waals surface area contributed by atoms with Crippen LogP contribution in [-0.2, 0) is 6.42 Å². The van der Waals surface area contributed by atoms with E-state index >= 15 is 0 Å². The van der Waals surface area contributed by atoms with Gasteiger partial charge in [0.15, 0.2) is 0 Å². The first-order valence-corrected chi connectivity index (χ1v) is 6.30. The van der Waals surface area contributed by atoms with E-state index in [-0.39, 0.29) is 11.6 Å². The summed E-state index contributed by atoms with van der Waals surface area (Å²) in [6.07, 6.45) is 2.33. The Morgan fingerprint density at radius 3 is 2.85 bits per heavy atom. The Labute approximate surface area is 117 Å². The minimum absolute atomic E-state index is 0.0825. The van der Waals surface area contributed by atoms with Crippen LogP contribution < -0.4 is 10.1 Å². The Hall–Kier alpha value is -2.43. The van der Waals surface area contributed by atoms with E-state index < -0.39 is 5.97 Å². The monoisotopic (exact) mass is 275 g/mol. The zero-order valence-electron chi connectivity index (χ0n) is 11.4. The van der Waals surface area contributed by atoms with Crippen LogP contribution in [0.25, 0.3) is 0 Å². The van der Waals surface area contributed by atoms with E-state index in [1.807, 2.05) is 19.1 Å². The quantitative estimate of drug-likeness (QED) is 0.847. The van der Waals surface area contributed by atoms with Gasteiger partial charge in [-0.25, -0.2) is 4.79 Å². The summed E-state index contributed by atoms with van der Waals surface area (Å²) in [7, 11) is 1.55. The number of carboxylic acid groups (broad SMARTS) is 1. The number of carbonyl (C=O) groups is 1. The van der Waals surface area contributed by atoms with Gasteiger partial charge in [-0.2, -0.15) is 0 Å². The summed E-state index contributed by atoms with van der Waals surface area (Å²) in [5.41, 5.74) is 0.880. The number of benzene rings is 1. The minimum atomic E-state index is -0.964. The summed E-state index contributed by atoms with van der Waals surface area (Å²) in [4.78, 5) is 11.0. The van der Waals surface area contributed by atoms with Gasteiger partial charge in [0.25, 0.3) is 0 Å². The third-order valence-corrected chi connectivity index (χ3v) is 2.94. The maximum Gasteiger partial charge on any atom is 0.335 e. The van der Waals surface area contributed by atoms with Crippen molar-refractivity contribution in [1.82, 2.24) is 0 Å². The predicted molar refractivity (Wildman–Crippen MR) is 75.5 cm³/mol. The van der Waals surface area contributed by atoms with Crippen LogP contribution in [0.15, 0.2) is 41.0 Å². The van der Waals surface area contributed by atoms with Crippen molar-refractivity contribution in [1.29, 1.82) is 0 Å². The number of anilines is 1. The Kier molecular flexibility index (Phi) is 4.30. The van der Waals surface area contributed by atoms with Gasteiger partial charge >= 0.3 is 5.97 Å². The molecule has 1 aromatic heterocycles. The van der Waals surface area contributed by atoms with E-state index in [9.17, 15) is 4.79 Å². The van der Waals surface area contributed by atoms with Crippen LogP contribution >= 0.6 is 0 Å². The molecular weight excluding hydrogens is 258 g/mol. The molecule has 2 N–H and O–H groups in total. The number of hydrogen-bond donors (Lipinski definition) is 2. The third kappa shape index (κ3) is 3.32. The van der Waals surface area contributed by atoms with Crippen molar-refractivity contribution >= 4 is 11.7 Å². The van der Waals surface area contributed by atoms with Crippen molar-refractivity contribution in [3.05, 3.63) is 47.9 Å². The molecule has 0 saturated carbocycles. The van der Waals surface area contributed by atoms with E-state index in [0.717, 1.165) is 5.76 Å². The molecule has 0 saturated heterocycles. The Morgan fingerprint density at radius 2 is 2.25 bits per heavy atom. The van der Waals surface area contributed by atoms with Crippen LogP contribution in [0, 0.1) is 0 Å². The van der Waals surface area contributed by atoms with Gasteiger partial charge in [-0.3, -0.25) is 0 Å². The second kappa shape index (κ2) is 6.14. The number of ether oxygens (including phenoxy) is 1. The summed E-state index contributed by atoms with van der Waals surface area (Å²) in [6, 6.07) is 8.56. The maximum absolute atomic E-state index is 11.0. The standard InChI is InChI=1S/C15H17NO4/c1-10(8-12-4-3-7-20-12)16-13-9-11(15(17)18)5-6-14(13)19-2/h3-7,9-10,16H,8H2,1-2H3,(H,17,18). The maximum atomic E-state index is 11.0. The number of furan rings is 1. The van der Waals surface area contributed by atoms with Crippen molar-refractivity contribution in [2.45, 2.75) is 19.4 Å². The second-order valence-corrected chi connectivity index (χ2v) is 4.55. The van der Waals surface area contributed by atoms with Gasteiger partial charge in [0.05, 0.1) is 24.6 Å². The highest BCUT2D eigenvalue weighted by Gasteiger charge is 2.12. The van der Waals surface area contributed by atoms with Crippen LogP contribution in [0.5, 0.6) is 5.75 Å². The molecule has 2 rings (SSSR count). The van der Waals surface area contributed by atoms with Crippen molar-refractivity contribution in [3.63, 3.8) is 0 Å². The van der Waals surface area contributed by atoms with E-state index in [2.05, 4.69) is 5.32 Å². The first kappa shape index (κ1) is 14.0. The van der Waals surface area contributed by atoms with Gasteiger partial charge < -0.3 is 19.6 Å². The molecule has 1 aromatic carbocycles. The van der Waals surface area contributed by atoms with Crippen molar-refractivity contribution in [2.24, 2.45) is 0 Å². The van der Waals surface area contributed by atoms with Crippen LogP contribution in [0.3, 0.4) is 0 Å². The predicted octanol–water partition coefficient (Wildman–Crippen LogP) is 3.03. The molecule has 106 valence electrons. The lowest BCUT2D eigenvalue weighted by Gasteiger charge is -2.17. The zero-order chi connectivity index (χ0) is 14.5.